The molecule has 1 aliphatic rings. The van der Waals surface area contributed by atoms with E-state index in [0.29, 0.717) is 54.8 Å². The van der Waals surface area contributed by atoms with E-state index in [1.165, 1.54) is 15.6 Å². The molecule has 0 saturated carbocycles. The average Bonchev–Trinajstić information content (AvgIpc) is 3.34. The van der Waals surface area contributed by atoms with E-state index in [0.717, 1.165) is 5.56 Å². The number of hydrogen-bond donors (Lipinski definition) is 1. The summed E-state index contributed by atoms with van der Waals surface area (Å²) in [4.78, 5) is 12.7. The summed E-state index contributed by atoms with van der Waals surface area (Å²) in [6.45, 7) is 5.67. The van der Waals surface area contributed by atoms with Gasteiger partial charge in [-0.2, -0.15) is 4.31 Å². The molecule has 0 spiro atoms. The van der Waals surface area contributed by atoms with Gasteiger partial charge >= 0.3 is 0 Å². The van der Waals surface area contributed by atoms with Crippen LogP contribution >= 0.6 is 11.3 Å². The summed E-state index contributed by atoms with van der Waals surface area (Å²) in [7, 11) is -1.83. The highest BCUT2D eigenvalue weighted by Crippen LogP contribution is 2.30. The van der Waals surface area contributed by atoms with Gasteiger partial charge in [0.1, 0.15) is 4.21 Å². The van der Waals surface area contributed by atoms with E-state index in [4.69, 9.17) is 9.47 Å². The van der Waals surface area contributed by atoms with Gasteiger partial charge in [0.2, 0.25) is 5.91 Å². The Hall–Kier alpha value is -2.10. The van der Waals surface area contributed by atoms with E-state index < -0.39 is 10.0 Å². The molecular formula is C22H30N2O5S2. The number of nitrogens with one attached hydrogen (secondary N) is 1. The number of carbonyl (C=O) groups is 1. The lowest BCUT2D eigenvalue weighted by Gasteiger charge is -2.33. The Morgan fingerprint density at radius 1 is 1.26 bits per heavy atom. The van der Waals surface area contributed by atoms with Crippen molar-refractivity contribution in [2.75, 3.05) is 26.8 Å². The standard InChI is InChI=1S/C22H30N2O5S2/c1-4-29-19-8-7-17(14-20(19)28-3)15-23-22(25)16(2)18-9-11-24(12-10-18)31(26,27)21-6-5-13-30-21/h5-8,13-14,16,18H,4,9-12,15H2,1-3H3,(H,23,25). The van der Waals surface area contributed by atoms with Gasteiger partial charge in [-0.15, -0.1) is 11.3 Å². The maximum absolute atomic E-state index is 12.7. The van der Waals surface area contributed by atoms with Crippen LogP contribution in [0.4, 0.5) is 0 Å². The quantitative estimate of drug-likeness (QED) is 0.611. The second-order valence-corrected chi connectivity index (χ2v) is 10.7. The number of methoxy groups -OCH3 is 1. The topological polar surface area (TPSA) is 84.9 Å². The molecule has 1 unspecified atom stereocenters. The molecule has 1 amide bonds. The number of piperidine rings is 1. The molecule has 0 bridgehead atoms. The number of benzene rings is 1. The van der Waals surface area contributed by atoms with Gasteiger partial charge < -0.3 is 14.8 Å². The Morgan fingerprint density at radius 2 is 2.00 bits per heavy atom. The van der Waals surface area contributed by atoms with Crippen molar-refractivity contribution in [3.8, 4) is 11.5 Å². The van der Waals surface area contributed by atoms with Crippen LogP contribution in [0, 0.1) is 11.8 Å². The number of amides is 1. The van der Waals surface area contributed by atoms with Gasteiger partial charge in [0.15, 0.2) is 11.5 Å². The predicted octanol–water partition coefficient (Wildman–Crippen LogP) is 3.51. The van der Waals surface area contributed by atoms with E-state index in [9.17, 15) is 13.2 Å². The molecule has 9 heteroatoms. The zero-order valence-corrected chi connectivity index (χ0v) is 19.8. The molecule has 1 saturated heterocycles. The number of hydrogen-bond acceptors (Lipinski definition) is 6. The smallest absolute Gasteiger partial charge is 0.252 e. The second-order valence-electron chi connectivity index (χ2n) is 7.60. The fourth-order valence-electron chi connectivity index (χ4n) is 3.81. The van der Waals surface area contributed by atoms with Crippen molar-refractivity contribution >= 4 is 27.3 Å². The summed E-state index contributed by atoms with van der Waals surface area (Å²) in [6.07, 6.45) is 1.35. The maximum Gasteiger partial charge on any atom is 0.252 e. The fourth-order valence-corrected chi connectivity index (χ4v) is 6.43. The van der Waals surface area contributed by atoms with Crippen LogP contribution in [0.5, 0.6) is 11.5 Å². The van der Waals surface area contributed by atoms with E-state index in [-0.39, 0.29) is 17.7 Å². The minimum absolute atomic E-state index is 0.0209. The Bertz CT molecular complexity index is 968. The van der Waals surface area contributed by atoms with Gasteiger partial charge in [-0.05, 0) is 54.8 Å². The number of carbonyl (C=O) groups excluding carboxylic acids is 1. The third-order valence-corrected chi connectivity index (χ3v) is 8.97. The highest BCUT2D eigenvalue weighted by Gasteiger charge is 2.33. The fraction of sp³-hybridized carbons (Fsp3) is 0.500. The van der Waals surface area contributed by atoms with E-state index in [2.05, 4.69) is 5.32 Å². The molecule has 2 aromatic rings. The molecule has 1 aromatic heterocycles. The third kappa shape index (κ3) is 5.58. The minimum Gasteiger partial charge on any atom is -0.493 e. The summed E-state index contributed by atoms with van der Waals surface area (Å²) in [5.74, 6) is 1.27. The molecular weight excluding hydrogens is 436 g/mol. The number of nitrogens with zero attached hydrogens (tertiary/aromatic N) is 1. The van der Waals surface area contributed by atoms with Gasteiger partial charge in [0.05, 0.1) is 13.7 Å². The molecule has 3 rings (SSSR count). The van der Waals surface area contributed by atoms with E-state index in [1.807, 2.05) is 32.0 Å². The molecule has 1 fully saturated rings. The number of thiophene rings is 1. The second kappa shape index (κ2) is 10.5. The van der Waals surface area contributed by atoms with Crippen molar-refractivity contribution in [1.82, 2.24) is 9.62 Å². The first-order valence-electron chi connectivity index (χ1n) is 10.5. The van der Waals surface area contributed by atoms with Crippen molar-refractivity contribution < 1.29 is 22.7 Å². The highest BCUT2D eigenvalue weighted by molar-refractivity contribution is 7.91. The Morgan fingerprint density at radius 3 is 2.61 bits per heavy atom. The van der Waals surface area contributed by atoms with Crippen LogP contribution in [0.15, 0.2) is 39.9 Å². The summed E-state index contributed by atoms with van der Waals surface area (Å²) < 4.78 is 38.1. The van der Waals surface area contributed by atoms with Gasteiger partial charge in [-0.1, -0.05) is 19.1 Å². The lowest BCUT2D eigenvalue weighted by Crippen LogP contribution is -2.42. The molecule has 2 heterocycles. The highest BCUT2D eigenvalue weighted by atomic mass is 32.2. The van der Waals surface area contributed by atoms with Gasteiger partial charge in [0, 0.05) is 25.6 Å². The van der Waals surface area contributed by atoms with Gasteiger partial charge in [-0.25, -0.2) is 8.42 Å². The SMILES string of the molecule is CCOc1ccc(CNC(=O)C(C)C2CCN(S(=O)(=O)c3cccs3)CC2)cc1OC. The summed E-state index contributed by atoms with van der Waals surface area (Å²) in [5, 5.41) is 4.77. The van der Waals surface area contributed by atoms with Crippen LogP contribution in [0.25, 0.3) is 0 Å². The molecule has 0 aliphatic carbocycles. The molecule has 1 N–H and O–H groups in total. The first-order valence-corrected chi connectivity index (χ1v) is 12.8. The molecule has 1 atom stereocenters. The van der Waals surface area contributed by atoms with Crippen LogP contribution in [0.1, 0.15) is 32.3 Å². The van der Waals surface area contributed by atoms with Crippen molar-refractivity contribution in [2.24, 2.45) is 11.8 Å². The minimum atomic E-state index is -3.42. The molecule has 170 valence electrons. The first kappa shape index (κ1) is 23.6. The number of rotatable bonds is 9. The normalized spacial score (nSPS) is 16.6. The molecule has 7 nitrogen and oxygen atoms in total. The van der Waals surface area contributed by atoms with Gasteiger partial charge in [0.25, 0.3) is 10.0 Å². The monoisotopic (exact) mass is 466 g/mol. The van der Waals surface area contributed by atoms with Crippen LogP contribution < -0.4 is 14.8 Å². The third-order valence-electron chi connectivity index (χ3n) is 5.70. The van der Waals surface area contributed by atoms with Crippen LogP contribution in [-0.4, -0.2) is 45.4 Å². The van der Waals surface area contributed by atoms with Crippen LogP contribution in [0.2, 0.25) is 0 Å². The molecule has 31 heavy (non-hydrogen) atoms. The zero-order valence-electron chi connectivity index (χ0n) is 18.2. The molecule has 1 aromatic carbocycles. The number of sulfonamides is 1. The van der Waals surface area contributed by atoms with Crippen molar-refractivity contribution in [3.63, 3.8) is 0 Å². The van der Waals surface area contributed by atoms with Crippen molar-refractivity contribution in [1.29, 1.82) is 0 Å². The largest absolute Gasteiger partial charge is 0.493 e. The average molecular weight is 467 g/mol. The lowest BCUT2D eigenvalue weighted by molar-refractivity contribution is -0.126. The summed E-state index contributed by atoms with van der Waals surface area (Å²) in [5.41, 5.74) is 0.928. The number of ether oxygens (including phenoxy) is 2. The zero-order chi connectivity index (χ0) is 22.4. The lowest BCUT2D eigenvalue weighted by atomic mass is 9.85. The first-order chi connectivity index (χ1) is 14.9. The van der Waals surface area contributed by atoms with E-state index in [1.54, 1.807) is 24.6 Å². The Balaban J connectivity index is 1.52. The van der Waals surface area contributed by atoms with Crippen molar-refractivity contribution in [2.45, 2.75) is 37.4 Å². The molecule has 1 aliphatic heterocycles. The van der Waals surface area contributed by atoms with Crippen molar-refractivity contribution in [3.05, 3.63) is 41.3 Å². The maximum atomic E-state index is 12.7. The predicted molar refractivity (Wildman–Crippen MR) is 121 cm³/mol. The van der Waals surface area contributed by atoms with Crippen LogP contribution in [0.3, 0.4) is 0 Å². The Labute approximate surface area is 188 Å². The van der Waals surface area contributed by atoms with Crippen LogP contribution in [-0.2, 0) is 21.4 Å². The summed E-state index contributed by atoms with van der Waals surface area (Å²) >= 11 is 1.24. The van der Waals surface area contributed by atoms with Gasteiger partial charge in [-0.3, -0.25) is 4.79 Å². The Kier molecular flexibility index (Phi) is 7.96. The molecule has 0 radical (unpaired) electrons. The summed E-state index contributed by atoms with van der Waals surface area (Å²) in [6, 6.07) is 9.00. The van der Waals surface area contributed by atoms with E-state index >= 15 is 0 Å².